The van der Waals surface area contributed by atoms with Crippen LogP contribution in [0.25, 0.3) is 10.9 Å². The molecule has 4 rings (SSSR count). The van der Waals surface area contributed by atoms with Crippen LogP contribution in [0.5, 0.6) is 5.75 Å². The summed E-state index contributed by atoms with van der Waals surface area (Å²) in [6.07, 6.45) is 4.21. The third-order valence-electron chi connectivity index (χ3n) is 6.21. The first-order valence-corrected chi connectivity index (χ1v) is 12.5. The van der Waals surface area contributed by atoms with Crippen LogP contribution in [-0.4, -0.2) is 49.3 Å². The zero-order valence-corrected chi connectivity index (χ0v) is 20.3. The van der Waals surface area contributed by atoms with Crippen LogP contribution in [-0.2, 0) is 11.1 Å². The van der Waals surface area contributed by atoms with E-state index < -0.39 is 13.8 Å². The predicted octanol–water partition coefficient (Wildman–Crippen LogP) is 4.23. The Labute approximate surface area is 198 Å². The number of carboxylic acid groups (broad SMARTS) is 1. The largest absolute Gasteiger partial charge is 0.496 e. The molecule has 2 atom stereocenters. The van der Waals surface area contributed by atoms with Crippen LogP contribution in [0.4, 0.5) is 0 Å². The fourth-order valence-electron chi connectivity index (χ4n) is 4.56. The van der Waals surface area contributed by atoms with Gasteiger partial charge in [-0.15, -0.1) is 0 Å². The van der Waals surface area contributed by atoms with E-state index in [9.17, 15) is 9.90 Å². The fraction of sp³-hybridized carbons (Fsp3) is 0.375. The van der Waals surface area contributed by atoms with Crippen LogP contribution in [0.3, 0.4) is 0 Å². The van der Waals surface area contributed by atoms with E-state index in [4.69, 9.17) is 24.0 Å². The molecule has 0 bridgehead atoms. The van der Waals surface area contributed by atoms with Gasteiger partial charge >= 0.3 is 13.8 Å². The number of aromatic amines is 1. The highest BCUT2D eigenvalue weighted by molar-refractivity contribution is 7.45. The minimum Gasteiger partial charge on any atom is -0.496 e. The molecule has 184 valence electrons. The summed E-state index contributed by atoms with van der Waals surface area (Å²) < 4.78 is 14.6. The molecular weight excluding hydrogens is 459 g/mol. The Morgan fingerprint density at radius 1 is 1.21 bits per heavy atom. The molecule has 9 nitrogen and oxygen atoms in total. The number of carboxylic acids is 1. The summed E-state index contributed by atoms with van der Waals surface area (Å²) in [7, 11) is -2.91. The van der Waals surface area contributed by atoms with Crippen molar-refractivity contribution in [3.05, 3.63) is 64.8 Å². The van der Waals surface area contributed by atoms with Gasteiger partial charge in [-0.05, 0) is 67.6 Å². The number of carbonyl (C=O) groups is 1. The number of likely N-dealkylation sites (tertiary alicyclic amines) is 1. The highest BCUT2D eigenvalue weighted by atomic mass is 31.2. The highest BCUT2D eigenvalue weighted by Crippen LogP contribution is 2.38. The van der Waals surface area contributed by atoms with Crippen molar-refractivity contribution < 1.29 is 33.9 Å². The highest BCUT2D eigenvalue weighted by Gasteiger charge is 2.29. The molecule has 2 heterocycles. The molecule has 0 spiro atoms. The SMILES string of the molecule is COc1cc(C)c2[nH]ccc2c1CN1CC[C@@H](C)C[C@H]1c1ccc(C(=O)O)cc1.O=P(O)(O)O. The lowest BCUT2D eigenvalue weighted by molar-refractivity contribution is 0.0696. The summed E-state index contributed by atoms with van der Waals surface area (Å²) in [4.78, 5) is 38.6. The number of hydrogen-bond acceptors (Lipinski definition) is 4. The number of aryl methyl sites for hydroxylation is 1. The smallest absolute Gasteiger partial charge is 0.466 e. The van der Waals surface area contributed by atoms with Crippen molar-refractivity contribution in [2.45, 2.75) is 39.3 Å². The standard InChI is InChI=1S/C24H28N2O3.H3O4P/c1-15-9-11-26(21(12-15)17-4-6-18(7-5-17)24(27)28)14-20-19-8-10-25-23(19)16(2)13-22(20)29-3;1-5(2,3)4/h4-8,10,13,15,21,25H,9,11-12,14H2,1-3H3,(H,27,28);(H3,1,2,3,4)/t15-,21+;/m1./s1. The molecule has 1 aromatic heterocycles. The van der Waals surface area contributed by atoms with E-state index in [1.165, 1.54) is 22.1 Å². The van der Waals surface area contributed by atoms with Gasteiger partial charge in [-0.1, -0.05) is 19.1 Å². The fourth-order valence-corrected chi connectivity index (χ4v) is 4.56. The number of methoxy groups -OCH3 is 1. The van der Waals surface area contributed by atoms with Gasteiger partial charge in [-0.25, -0.2) is 9.36 Å². The Balaban J connectivity index is 0.000000588. The maximum absolute atomic E-state index is 11.2. The van der Waals surface area contributed by atoms with Gasteiger partial charge in [0.15, 0.2) is 0 Å². The van der Waals surface area contributed by atoms with Gasteiger partial charge < -0.3 is 29.5 Å². The first-order chi connectivity index (χ1) is 16.0. The molecule has 0 radical (unpaired) electrons. The normalized spacial score (nSPS) is 18.9. The number of rotatable bonds is 5. The van der Waals surface area contributed by atoms with Crippen LogP contribution in [0.15, 0.2) is 42.6 Å². The third kappa shape index (κ3) is 6.46. The van der Waals surface area contributed by atoms with Crippen molar-refractivity contribution in [1.82, 2.24) is 9.88 Å². The molecule has 0 unspecified atom stereocenters. The lowest BCUT2D eigenvalue weighted by atomic mass is 9.87. The first kappa shape index (κ1) is 25.9. The molecule has 0 saturated carbocycles. The van der Waals surface area contributed by atoms with E-state index in [1.54, 1.807) is 19.2 Å². The van der Waals surface area contributed by atoms with Gasteiger partial charge in [0.25, 0.3) is 0 Å². The Kier molecular flexibility index (Phi) is 8.17. The van der Waals surface area contributed by atoms with Crippen molar-refractivity contribution in [1.29, 1.82) is 0 Å². The number of H-pyrrole nitrogens is 1. The maximum Gasteiger partial charge on any atom is 0.466 e. The van der Waals surface area contributed by atoms with E-state index in [1.807, 2.05) is 18.3 Å². The first-order valence-electron chi connectivity index (χ1n) is 11.0. The van der Waals surface area contributed by atoms with Crippen LogP contribution in [0, 0.1) is 12.8 Å². The third-order valence-corrected chi connectivity index (χ3v) is 6.21. The molecule has 1 fully saturated rings. The lowest BCUT2D eigenvalue weighted by Crippen LogP contribution is -2.36. The van der Waals surface area contributed by atoms with Gasteiger partial charge in [0.2, 0.25) is 0 Å². The number of piperidine rings is 1. The Morgan fingerprint density at radius 3 is 2.44 bits per heavy atom. The number of nitrogens with one attached hydrogen (secondary N) is 1. The molecule has 1 aliphatic rings. The minimum absolute atomic E-state index is 0.265. The Bertz CT molecular complexity index is 1180. The topological polar surface area (TPSA) is 143 Å². The average Bonchev–Trinajstić information content (AvgIpc) is 3.26. The van der Waals surface area contributed by atoms with E-state index in [0.29, 0.717) is 11.5 Å². The maximum atomic E-state index is 11.2. The van der Waals surface area contributed by atoms with Crippen molar-refractivity contribution in [2.24, 2.45) is 5.92 Å². The van der Waals surface area contributed by atoms with Crippen molar-refractivity contribution in [3.8, 4) is 5.75 Å². The zero-order valence-electron chi connectivity index (χ0n) is 19.4. The minimum atomic E-state index is -4.64. The summed E-state index contributed by atoms with van der Waals surface area (Å²) in [5.74, 6) is 0.681. The number of benzene rings is 2. The Hall–Kier alpha value is -2.68. The molecule has 2 aromatic carbocycles. The number of fused-ring (bicyclic) bond motifs is 1. The number of ether oxygens (including phenoxy) is 1. The summed E-state index contributed by atoms with van der Waals surface area (Å²) in [6.45, 7) is 6.21. The van der Waals surface area contributed by atoms with Crippen LogP contribution in [0.1, 0.15) is 52.9 Å². The van der Waals surface area contributed by atoms with Crippen molar-refractivity contribution in [3.63, 3.8) is 0 Å². The molecule has 0 aliphatic carbocycles. The monoisotopic (exact) mass is 490 g/mol. The molecule has 1 aliphatic heterocycles. The summed E-state index contributed by atoms with van der Waals surface area (Å²) in [6, 6.07) is 11.9. The van der Waals surface area contributed by atoms with E-state index in [0.717, 1.165) is 37.2 Å². The molecule has 1 saturated heterocycles. The zero-order chi connectivity index (χ0) is 25.0. The number of hydrogen-bond donors (Lipinski definition) is 5. The number of aromatic carboxylic acids is 1. The van der Waals surface area contributed by atoms with E-state index >= 15 is 0 Å². The summed E-state index contributed by atoms with van der Waals surface area (Å²) in [5.41, 5.74) is 5.06. The predicted molar refractivity (Wildman–Crippen MR) is 129 cm³/mol. The van der Waals surface area contributed by atoms with Crippen molar-refractivity contribution >= 4 is 24.7 Å². The molecule has 5 N–H and O–H groups in total. The average molecular weight is 490 g/mol. The lowest BCUT2D eigenvalue weighted by Gasteiger charge is -2.39. The van der Waals surface area contributed by atoms with Gasteiger partial charge in [0.1, 0.15) is 5.75 Å². The molecule has 3 aromatic rings. The van der Waals surface area contributed by atoms with Gasteiger partial charge in [-0.3, -0.25) is 4.90 Å². The molecule has 34 heavy (non-hydrogen) atoms. The summed E-state index contributed by atoms with van der Waals surface area (Å²) in [5, 5.41) is 10.4. The van der Waals surface area contributed by atoms with Crippen LogP contribution in [0.2, 0.25) is 0 Å². The number of nitrogens with zero attached hydrogens (tertiary/aromatic N) is 1. The van der Waals surface area contributed by atoms with E-state index in [-0.39, 0.29) is 6.04 Å². The second-order valence-corrected chi connectivity index (χ2v) is 9.72. The molecule has 0 amide bonds. The quantitative estimate of drug-likeness (QED) is 0.335. The van der Waals surface area contributed by atoms with Crippen LogP contribution >= 0.6 is 7.82 Å². The van der Waals surface area contributed by atoms with Gasteiger partial charge in [0.05, 0.1) is 12.7 Å². The second-order valence-electron chi connectivity index (χ2n) is 8.70. The Morgan fingerprint density at radius 2 is 1.85 bits per heavy atom. The number of aromatic nitrogens is 1. The molecular formula is C24H31N2O7P. The number of phosphoric acid groups is 1. The van der Waals surface area contributed by atoms with E-state index in [2.05, 4.69) is 35.9 Å². The van der Waals surface area contributed by atoms with Gasteiger partial charge in [-0.2, -0.15) is 0 Å². The van der Waals surface area contributed by atoms with Crippen LogP contribution < -0.4 is 4.74 Å². The molecule has 10 heteroatoms. The van der Waals surface area contributed by atoms with Gasteiger partial charge in [0, 0.05) is 35.2 Å². The second kappa shape index (κ2) is 10.7. The van der Waals surface area contributed by atoms with Crippen molar-refractivity contribution in [2.75, 3.05) is 13.7 Å². The summed E-state index contributed by atoms with van der Waals surface area (Å²) >= 11 is 0.